The maximum atomic E-state index is 5.36. The van der Waals surface area contributed by atoms with Crippen molar-refractivity contribution in [2.75, 3.05) is 20.3 Å². The van der Waals surface area contributed by atoms with Gasteiger partial charge in [-0.2, -0.15) is 0 Å². The lowest BCUT2D eigenvalue weighted by Gasteiger charge is -2.15. The van der Waals surface area contributed by atoms with Gasteiger partial charge in [-0.25, -0.2) is 0 Å². The molecule has 0 aromatic rings. The second-order valence-corrected chi connectivity index (χ2v) is 4.30. The van der Waals surface area contributed by atoms with E-state index in [0.29, 0.717) is 5.54 Å². The van der Waals surface area contributed by atoms with Crippen molar-refractivity contribution < 1.29 is 4.74 Å². The van der Waals surface area contributed by atoms with Crippen LogP contribution in [-0.4, -0.2) is 25.8 Å². The van der Waals surface area contributed by atoms with Gasteiger partial charge in [0.05, 0.1) is 0 Å². The Morgan fingerprint density at radius 1 is 1.50 bits per heavy atom. The molecule has 1 unspecified atom stereocenters. The summed E-state index contributed by atoms with van der Waals surface area (Å²) in [4.78, 5) is 0. The number of hydrogen-bond acceptors (Lipinski definition) is 2. The summed E-state index contributed by atoms with van der Waals surface area (Å²) in [5.74, 6) is 0.857. The fourth-order valence-electron chi connectivity index (χ4n) is 2.07. The van der Waals surface area contributed by atoms with Crippen molar-refractivity contribution in [1.82, 2.24) is 5.32 Å². The zero-order valence-corrected chi connectivity index (χ0v) is 7.94. The van der Waals surface area contributed by atoms with Gasteiger partial charge in [-0.15, -0.1) is 0 Å². The molecule has 0 bridgehead atoms. The van der Waals surface area contributed by atoms with Crippen molar-refractivity contribution in [3.05, 3.63) is 0 Å². The van der Waals surface area contributed by atoms with Gasteiger partial charge in [0, 0.05) is 18.8 Å². The lowest BCUT2D eigenvalue weighted by Crippen LogP contribution is -2.27. The summed E-state index contributed by atoms with van der Waals surface area (Å²) in [7, 11) is 2.10. The second-order valence-electron chi connectivity index (χ2n) is 4.30. The Hall–Kier alpha value is -0.0800. The largest absolute Gasteiger partial charge is 0.381 e. The van der Waals surface area contributed by atoms with Crippen molar-refractivity contribution in [1.29, 1.82) is 0 Å². The van der Waals surface area contributed by atoms with Gasteiger partial charge < -0.3 is 10.1 Å². The Morgan fingerprint density at radius 3 is 2.83 bits per heavy atom. The van der Waals surface area contributed by atoms with E-state index >= 15 is 0 Å². The molecule has 2 nitrogen and oxygen atoms in total. The molecule has 1 N–H and O–H groups in total. The summed E-state index contributed by atoms with van der Waals surface area (Å²) in [6, 6.07) is 0. The quantitative estimate of drug-likeness (QED) is 0.689. The summed E-state index contributed by atoms with van der Waals surface area (Å²) in [6.07, 6.45) is 6.78. The van der Waals surface area contributed by atoms with E-state index < -0.39 is 0 Å². The molecule has 1 saturated heterocycles. The monoisotopic (exact) mass is 169 g/mol. The zero-order chi connectivity index (χ0) is 8.44. The van der Waals surface area contributed by atoms with Crippen LogP contribution in [0.5, 0.6) is 0 Å². The average Bonchev–Trinajstić information content (AvgIpc) is 2.70. The molecule has 2 fully saturated rings. The van der Waals surface area contributed by atoms with E-state index in [0.717, 1.165) is 19.1 Å². The highest BCUT2D eigenvalue weighted by atomic mass is 16.5. The Balaban J connectivity index is 1.67. The highest BCUT2D eigenvalue weighted by Gasteiger charge is 2.40. The summed E-state index contributed by atoms with van der Waals surface area (Å²) < 4.78 is 5.36. The van der Waals surface area contributed by atoms with E-state index in [9.17, 15) is 0 Å². The molecule has 0 spiro atoms. The predicted octanol–water partition coefficient (Wildman–Crippen LogP) is 1.56. The predicted molar refractivity (Wildman–Crippen MR) is 49.2 cm³/mol. The van der Waals surface area contributed by atoms with Gasteiger partial charge in [-0.3, -0.25) is 0 Å². The molecule has 0 radical (unpaired) electrons. The number of nitrogens with one attached hydrogen (secondary N) is 1. The van der Waals surface area contributed by atoms with Crippen LogP contribution in [0, 0.1) is 5.92 Å². The number of rotatable bonds is 4. The average molecular weight is 169 g/mol. The van der Waals surface area contributed by atoms with E-state index in [4.69, 9.17) is 4.74 Å². The van der Waals surface area contributed by atoms with E-state index in [-0.39, 0.29) is 0 Å². The van der Waals surface area contributed by atoms with Crippen LogP contribution in [0.25, 0.3) is 0 Å². The normalized spacial score (nSPS) is 32.2. The van der Waals surface area contributed by atoms with Crippen molar-refractivity contribution in [2.45, 2.75) is 37.6 Å². The molecular formula is C10H19NO. The molecule has 1 saturated carbocycles. The van der Waals surface area contributed by atoms with Crippen LogP contribution in [0.1, 0.15) is 32.1 Å². The third-order valence-electron chi connectivity index (χ3n) is 3.44. The standard InChI is InChI=1S/C10H19NO/c1-11-10(5-6-10)4-2-9-3-7-12-8-9/h9,11H,2-8H2,1H3. The molecule has 1 aliphatic carbocycles. The first-order valence-corrected chi connectivity index (χ1v) is 5.11. The Bertz CT molecular complexity index is 148. The van der Waals surface area contributed by atoms with Gasteiger partial charge in [0.1, 0.15) is 0 Å². The van der Waals surface area contributed by atoms with Crippen LogP contribution < -0.4 is 5.32 Å². The Morgan fingerprint density at radius 2 is 2.33 bits per heavy atom. The molecular weight excluding hydrogens is 150 g/mol. The summed E-state index contributed by atoms with van der Waals surface area (Å²) >= 11 is 0. The molecule has 2 heteroatoms. The SMILES string of the molecule is CNC1(CCC2CCOC2)CC1. The lowest BCUT2D eigenvalue weighted by molar-refractivity contribution is 0.182. The van der Waals surface area contributed by atoms with Gasteiger partial charge in [-0.1, -0.05) is 0 Å². The first-order chi connectivity index (χ1) is 5.85. The van der Waals surface area contributed by atoms with Gasteiger partial charge in [-0.05, 0) is 45.1 Å². The maximum absolute atomic E-state index is 5.36. The van der Waals surface area contributed by atoms with E-state index in [1.807, 2.05) is 0 Å². The molecule has 1 heterocycles. The topological polar surface area (TPSA) is 21.3 Å². The van der Waals surface area contributed by atoms with Crippen LogP contribution >= 0.6 is 0 Å². The molecule has 0 aromatic carbocycles. The molecule has 0 aromatic heterocycles. The minimum absolute atomic E-state index is 0.544. The zero-order valence-electron chi connectivity index (χ0n) is 7.94. The molecule has 2 aliphatic rings. The lowest BCUT2D eigenvalue weighted by atomic mass is 9.98. The fourth-order valence-corrected chi connectivity index (χ4v) is 2.07. The van der Waals surface area contributed by atoms with Crippen LogP contribution in [0.4, 0.5) is 0 Å². The third-order valence-corrected chi connectivity index (χ3v) is 3.44. The van der Waals surface area contributed by atoms with Crippen LogP contribution in [0.3, 0.4) is 0 Å². The Kier molecular flexibility index (Phi) is 2.37. The van der Waals surface area contributed by atoms with Gasteiger partial charge in [0.2, 0.25) is 0 Å². The number of hydrogen-bond donors (Lipinski definition) is 1. The van der Waals surface area contributed by atoms with Crippen molar-refractivity contribution in [3.63, 3.8) is 0 Å². The van der Waals surface area contributed by atoms with Gasteiger partial charge >= 0.3 is 0 Å². The first kappa shape index (κ1) is 8.52. The van der Waals surface area contributed by atoms with E-state index in [2.05, 4.69) is 12.4 Å². The van der Waals surface area contributed by atoms with Crippen molar-refractivity contribution in [3.8, 4) is 0 Å². The van der Waals surface area contributed by atoms with E-state index in [1.165, 1.54) is 32.1 Å². The molecule has 1 aliphatic heterocycles. The van der Waals surface area contributed by atoms with Crippen molar-refractivity contribution in [2.24, 2.45) is 5.92 Å². The molecule has 2 rings (SSSR count). The molecule has 0 amide bonds. The van der Waals surface area contributed by atoms with Crippen LogP contribution in [0.2, 0.25) is 0 Å². The summed E-state index contributed by atoms with van der Waals surface area (Å²) in [5, 5.41) is 3.44. The first-order valence-electron chi connectivity index (χ1n) is 5.11. The maximum Gasteiger partial charge on any atom is 0.0495 e. The number of ether oxygens (including phenoxy) is 1. The Labute approximate surface area is 74.7 Å². The highest BCUT2D eigenvalue weighted by molar-refractivity contribution is 5.00. The second kappa shape index (κ2) is 3.35. The van der Waals surface area contributed by atoms with Gasteiger partial charge in [0.15, 0.2) is 0 Å². The van der Waals surface area contributed by atoms with E-state index in [1.54, 1.807) is 0 Å². The van der Waals surface area contributed by atoms with Gasteiger partial charge in [0.25, 0.3) is 0 Å². The minimum Gasteiger partial charge on any atom is -0.381 e. The molecule has 12 heavy (non-hydrogen) atoms. The minimum atomic E-state index is 0.544. The van der Waals surface area contributed by atoms with Crippen LogP contribution in [-0.2, 0) is 4.74 Å². The van der Waals surface area contributed by atoms with Crippen LogP contribution in [0.15, 0.2) is 0 Å². The smallest absolute Gasteiger partial charge is 0.0495 e. The summed E-state index contributed by atoms with van der Waals surface area (Å²) in [5.41, 5.74) is 0.544. The molecule has 1 atom stereocenters. The molecule has 70 valence electrons. The highest BCUT2D eigenvalue weighted by Crippen LogP contribution is 2.40. The van der Waals surface area contributed by atoms with Crippen molar-refractivity contribution >= 4 is 0 Å². The third kappa shape index (κ3) is 1.80. The summed E-state index contributed by atoms with van der Waals surface area (Å²) in [6.45, 7) is 2.01. The fraction of sp³-hybridized carbons (Fsp3) is 1.00.